The van der Waals surface area contributed by atoms with Gasteiger partial charge in [0.05, 0.1) is 11.6 Å². The minimum Gasteiger partial charge on any atom is -0.506 e. The Hall–Kier alpha value is -2.38. The highest BCUT2D eigenvalue weighted by Crippen LogP contribution is 2.33. The summed E-state index contributed by atoms with van der Waals surface area (Å²) < 4.78 is 14.3. The molecular weight excluding hydrogens is 415 g/mol. The largest absolute Gasteiger partial charge is 0.506 e. The molecule has 1 saturated heterocycles. The third-order valence-corrected chi connectivity index (χ3v) is 4.35. The molecule has 0 bridgehead atoms. The first kappa shape index (κ1) is 17.4. The van der Waals surface area contributed by atoms with Crippen molar-refractivity contribution in [1.29, 1.82) is 0 Å². The lowest BCUT2D eigenvalue weighted by molar-refractivity contribution is -0.123. The zero-order chi connectivity index (χ0) is 18.1. The van der Waals surface area contributed by atoms with Crippen molar-refractivity contribution in [1.82, 2.24) is 10.2 Å². The fourth-order valence-electron chi connectivity index (χ4n) is 2.36. The molecule has 1 heterocycles. The number of carbonyl (C=O) groups is 2. The van der Waals surface area contributed by atoms with Crippen LogP contribution in [-0.4, -0.2) is 21.9 Å². The maximum absolute atomic E-state index is 13.7. The molecule has 0 saturated carbocycles. The summed E-state index contributed by atoms with van der Waals surface area (Å²) in [4.78, 5) is 25.4. The minimum atomic E-state index is -0.667. The second kappa shape index (κ2) is 6.85. The number of amides is 3. The number of hydrogen-bond donors (Lipinski definition) is 2. The second-order valence-electron chi connectivity index (χ2n) is 5.30. The molecule has 0 aromatic heterocycles. The van der Waals surface area contributed by atoms with E-state index in [0.29, 0.717) is 4.47 Å². The first-order valence-corrected chi connectivity index (χ1v) is 8.30. The minimum absolute atomic E-state index is 0.0363. The summed E-state index contributed by atoms with van der Waals surface area (Å²) in [5, 5.41) is 12.5. The number of nitrogens with one attached hydrogen (secondary N) is 1. The molecule has 1 fully saturated rings. The summed E-state index contributed by atoms with van der Waals surface area (Å²) in [5.41, 5.74) is 0.446. The van der Waals surface area contributed by atoms with Crippen molar-refractivity contribution < 1.29 is 19.1 Å². The standard InChI is InChI=1S/C17H11BrClFN2O3/c18-11-5-10(15(23)12(19)7-11)6-14-16(24)22(17(25)21-14)8-9-3-1-2-4-13(9)20/h1-7,23H,8H2,(H,21,25)/b14-6-. The summed E-state index contributed by atoms with van der Waals surface area (Å²) in [6, 6.07) is 8.28. The quantitative estimate of drug-likeness (QED) is 0.576. The fraction of sp³-hybridized carbons (Fsp3) is 0.0588. The van der Waals surface area contributed by atoms with Crippen molar-refractivity contribution in [2.24, 2.45) is 0 Å². The second-order valence-corrected chi connectivity index (χ2v) is 6.62. The highest BCUT2D eigenvalue weighted by atomic mass is 79.9. The molecule has 1 aliphatic rings. The van der Waals surface area contributed by atoms with E-state index in [1.807, 2.05) is 0 Å². The first-order valence-electron chi connectivity index (χ1n) is 7.13. The van der Waals surface area contributed by atoms with Crippen LogP contribution in [-0.2, 0) is 11.3 Å². The van der Waals surface area contributed by atoms with Gasteiger partial charge in [-0.25, -0.2) is 9.18 Å². The van der Waals surface area contributed by atoms with Gasteiger partial charge >= 0.3 is 6.03 Å². The zero-order valence-corrected chi connectivity index (χ0v) is 14.9. The van der Waals surface area contributed by atoms with Crippen LogP contribution in [0.1, 0.15) is 11.1 Å². The van der Waals surface area contributed by atoms with Gasteiger partial charge in [0, 0.05) is 15.6 Å². The number of imide groups is 1. The Morgan fingerprint density at radius 1 is 1.28 bits per heavy atom. The predicted octanol–water partition coefficient (Wildman–Crippen LogP) is 4.04. The van der Waals surface area contributed by atoms with E-state index >= 15 is 0 Å². The summed E-state index contributed by atoms with van der Waals surface area (Å²) in [6.07, 6.45) is 1.31. The van der Waals surface area contributed by atoms with Gasteiger partial charge in [-0.3, -0.25) is 9.69 Å². The van der Waals surface area contributed by atoms with Gasteiger partial charge in [0.2, 0.25) is 0 Å². The number of urea groups is 1. The number of rotatable bonds is 3. The SMILES string of the molecule is O=C1N/C(=C\c2cc(Br)cc(Cl)c2O)C(=O)N1Cc1ccccc1F. The van der Waals surface area contributed by atoms with E-state index in [1.54, 1.807) is 12.1 Å². The van der Waals surface area contributed by atoms with Gasteiger partial charge in [0.1, 0.15) is 17.3 Å². The molecule has 2 aromatic carbocycles. The van der Waals surface area contributed by atoms with E-state index in [9.17, 15) is 19.1 Å². The van der Waals surface area contributed by atoms with E-state index in [0.717, 1.165) is 4.90 Å². The van der Waals surface area contributed by atoms with Crippen LogP contribution in [0.25, 0.3) is 6.08 Å². The van der Waals surface area contributed by atoms with Gasteiger partial charge < -0.3 is 10.4 Å². The van der Waals surface area contributed by atoms with Crippen molar-refractivity contribution in [3.8, 4) is 5.75 Å². The molecule has 0 atom stereocenters. The van der Waals surface area contributed by atoms with Gasteiger partial charge in [-0.05, 0) is 24.3 Å². The molecule has 2 aromatic rings. The Balaban J connectivity index is 1.90. The third kappa shape index (κ3) is 3.52. The predicted molar refractivity (Wildman–Crippen MR) is 94.3 cm³/mol. The molecular formula is C17H11BrClFN2O3. The maximum atomic E-state index is 13.7. The van der Waals surface area contributed by atoms with E-state index in [4.69, 9.17) is 11.6 Å². The monoisotopic (exact) mass is 424 g/mol. The number of phenolic OH excluding ortho intramolecular Hbond substituents is 1. The van der Waals surface area contributed by atoms with Crippen LogP contribution in [0.2, 0.25) is 5.02 Å². The highest BCUT2D eigenvalue weighted by Gasteiger charge is 2.34. The van der Waals surface area contributed by atoms with E-state index in [-0.39, 0.29) is 34.1 Å². The normalized spacial score (nSPS) is 15.8. The average molecular weight is 426 g/mol. The molecule has 5 nitrogen and oxygen atoms in total. The smallest absolute Gasteiger partial charge is 0.329 e. The van der Waals surface area contributed by atoms with Crippen molar-refractivity contribution in [2.75, 3.05) is 0 Å². The molecule has 2 N–H and O–H groups in total. The van der Waals surface area contributed by atoms with Crippen molar-refractivity contribution >= 4 is 45.5 Å². The van der Waals surface area contributed by atoms with Crippen molar-refractivity contribution in [3.05, 3.63) is 68.5 Å². The van der Waals surface area contributed by atoms with Gasteiger partial charge in [-0.2, -0.15) is 0 Å². The highest BCUT2D eigenvalue weighted by molar-refractivity contribution is 9.10. The Morgan fingerprint density at radius 2 is 2.00 bits per heavy atom. The van der Waals surface area contributed by atoms with Crippen molar-refractivity contribution in [3.63, 3.8) is 0 Å². The Morgan fingerprint density at radius 3 is 2.72 bits per heavy atom. The fourth-order valence-corrected chi connectivity index (χ4v) is 3.20. The molecule has 0 aliphatic carbocycles. The molecule has 0 spiro atoms. The summed E-state index contributed by atoms with van der Waals surface area (Å²) in [6.45, 7) is -0.195. The Bertz CT molecular complexity index is 917. The number of hydrogen-bond acceptors (Lipinski definition) is 3. The molecule has 8 heteroatoms. The van der Waals surface area contributed by atoms with Gasteiger partial charge in [-0.1, -0.05) is 45.7 Å². The number of carbonyl (C=O) groups excluding carboxylic acids is 2. The lowest BCUT2D eigenvalue weighted by Gasteiger charge is -2.12. The molecule has 1 aliphatic heterocycles. The van der Waals surface area contributed by atoms with Gasteiger partial charge in [0.25, 0.3) is 5.91 Å². The zero-order valence-electron chi connectivity index (χ0n) is 12.6. The van der Waals surface area contributed by atoms with Gasteiger partial charge in [-0.15, -0.1) is 0 Å². The summed E-state index contributed by atoms with van der Waals surface area (Å²) >= 11 is 9.13. The third-order valence-electron chi connectivity index (χ3n) is 3.61. The van der Waals surface area contributed by atoms with Crippen LogP contribution in [0.3, 0.4) is 0 Å². The lowest BCUT2D eigenvalue weighted by Crippen LogP contribution is -2.30. The van der Waals surface area contributed by atoms with E-state index in [2.05, 4.69) is 21.2 Å². The molecule has 0 radical (unpaired) electrons. The molecule has 0 unspecified atom stereocenters. The van der Waals surface area contributed by atoms with Crippen molar-refractivity contribution in [2.45, 2.75) is 6.54 Å². The Kier molecular flexibility index (Phi) is 4.78. The summed E-state index contributed by atoms with van der Waals surface area (Å²) in [5.74, 6) is -1.34. The van der Waals surface area contributed by atoms with Crippen LogP contribution in [0, 0.1) is 5.82 Å². The van der Waals surface area contributed by atoms with Gasteiger partial charge in [0.15, 0.2) is 0 Å². The molecule has 128 valence electrons. The maximum Gasteiger partial charge on any atom is 0.329 e. The molecule has 25 heavy (non-hydrogen) atoms. The van der Waals surface area contributed by atoms with Crippen LogP contribution < -0.4 is 5.32 Å². The number of nitrogens with zero attached hydrogens (tertiary/aromatic N) is 1. The summed E-state index contributed by atoms with van der Waals surface area (Å²) in [7, 11) is 0. The van der Waals surface area contributed by atoms with Crippen LogP contribution in [0.5, 0.6) is 5.75 Å². The molecule has 3 amide bonds. The Labute approximate surface area is 155 Å². The van der Waals surface area contributed by atoms with Crippen LogP contribution in [0.4, 0.5) is 9.18 Å². The number of phenols is 1. The van der Waals surface area contributed by atoms with Crippen LogP contribution >= 0.6 is 27.5 Å². The number of benzene rings is 2. The molecule has 3 rings (SSSR count). The van der Waals surface area contributed by atoms with E-state index in [1.165, 1.54) is 30.3 Å². The first-order chi connectivity index (χ1) is 11.9. The topological polar surface area (TPSA) is 69.6 Å². The van der Waals surface area contributed by atoms with E-state index < -0.39 is 17.8 Å². The lowest BCUT2D eigenvalue weighted by atomic mass is 10.1. The number of halogens is 3. The number of aromatic hydroxyl groups is 1. The van der Waals surface area contributed by atoms with Crippen LogP contribution in [0.15, 0.2) is 46.6 Å². The average Bonchev–Trinajstić information content (AvgIpc) is 2.81.